The number of amides is 7. The average molecular weight is 866 g/mol. The van der Waals surface area contributed by atoms with Crippen molar-refractivity contribution in [1.29, 1.82) is 0 Å². The molecular formula is C42H47N11O10. The Morgan fingerprint density at radius 3 is 2.46 bits per heavy atom. The Kier molecular flexibility index (Phi) is 12.9. The number of anilines is 1. The highest BCUT2D eigenvalue weighted by molar-refractivity contribution is 6.23. The minimum atomic E-state index is -1.08. The molecule has 21 heteroatoms. The van der Waals surface area contributed by atoms with Crippen molar-refractivity contribution < 1.29 is 47.8 Å². The van der Waals surface area contributed by atoms with Crippen LogP contribution in [-0.4, -0.2) is 146 Å². The molecular weight excluding hydrogens is 819 g/mol. The van der Waals surface area contributed by atoms with Crippen molar-refractivity contribution in [2.24, 2.45) is 0 Å². The predicted octanol–water partition coefficient (Wildman–Crippen LogP) is 0.696. The van der Waals surface area contributed by atoms with Crippen LogP contribution in [0.4, 0.5) is 5.82 Å². The van der Waals surface area contributed by atoms with E-state index in [1.165, 1.54) is 24.5 Å². The lowest BCUT2D eigenvalue weighted by molar-refractivity contribution is -0.138. The fourth-order valence-electron chi connectivity index (χ4n) is 8.03. The maximum atomic E-state index is 13.0. The summed E-state index contributed by atoms with van der Waals surface area (Å²) in [6.07, 6.45) is 6.31. The molecule has 2 saturated heterocycles. The van der Waals surface area contributed by atoms with Crippen LogP contribution in [-0.2, 0) is 28.7 Å². The minimum Gasteiger partial charge on any atom is -0.484 e. The van der Waals surface area contributed by atoms with Gasteiger partial charge in [0.1, 0.15) is 35.9 Å². The number of rotatable bonds is 17. The van der Waals surface area contributed by atoms with E-state index in [1.54, 1.807) is 17.3 Å². The third kappa shape index (κ3) is 9.78. The van der Waals surface area contributed by atoms with Crippen LogP contribution in [0.25, 0.3) is 11.2 Å². The summed E-state index contributed by atoms with van der Waals surface area (Å²) in [5.41, 5.74) is 2.76. The van der Waals surface area contributed by atoms with Gasteiger partial charge in [-0.15, -0.1) is 0 Å². The van der Waals surface area contributed by atoms with Gasteiger partial charge in [-0.05, 0) is 69.4 Å². The van der Waals surface area contributed by atoms with Gasteiger partial charge in [-0.3, -0.25) is 43.8 Å². The fraction of sp³-hybridized carbons (Fsp3) is 0.452. The molecule has 1 aromatic carbocycles. The number of ether oxygens (including phenoxy) is 3. The quantitative estimate of drug-likeness (QED) is 0.0842. The zero-order chi connectivity index (χ0) is 44.0. The first kappa shape index (κ1) is 42.8. The van der Waals surface area contributed by atoms with Gasteiger partial charge in [-0.2, -0.15) is 0 Å². The minimum absolute atomic E-state index is 0.0161. The summed E-state index contributed by atoms with van der Waals surface area (Å²) in [5, 5.41) is 11.4. The number of carbonyl (C=O) groups excluding carboxylic acids is 7. The highest BCUT2D eigenvalue weighted by atomic mass is 16.5. The lowest BCUT2D eigenvalue weighted by atomic mass is 9.86. The summed E-state index contributed by atoms with van der Waals surface area (Å²) in [5.74, 6) is -2.36. The van der Waals surface area contributed by atoms with Crippen molar-refractivity contribution in [3.05, 3.63) is 71.6 Å². The second-order valence-corrected chi connectivity index (χ2v) is 15.8. The topological polar surface area (TPSA) is 258 Å². The predicted molar refractivity (Wildman–Crippen MR) is 220 cm³/mol. The monoisotopic (exact) mass is 865 g/mol. The van der Waals surface area contributed by atoms with Gasteiger partial charge in [0.2, 0.25) is 17.7 Å². The smallest absolute Gasteiger partial charge is 0.270 e. The van der Waals surface area contributed by atoms with Gasteiger partial charge in [0.15, 0.2) is 18.1 Å². The van der Waals surface area contributed by atoms with Crippen molar-refractivity contribution in [2.45, 2.75) is 69.6 Å². The van der Waals surface area contributed by atoms with Gasteiger partial charge in [-0.25, -0.2) is 19.9 Å². The van der Waals surface area contributed by atoms with Gasteiger partial charge in [0, 0.05) is 49.9 Å². The van der Waals surface area contributed by atoms with Gasteiger partial charge in [-0.1, -0.05) is 6.07 Å². The Hall–Kier alpha value is -6.87. The molecule has 1 aliphatic carbocycles. The van der Waals surface area contributed by atoms with E-state index >= 15 is 0 Å². The Labute approximate surface area is 360 Å². The molecule has 7 amide bonds. The van der Waals surface area contributed by atoms with Crippen LogP contribution in [0.15, 0.2) is 49.1 Å². The number of likely N-dealkylation sites (tertiary alicyclic amines) is 1. The van der Waals surface area contributed by atoms with E-state index in [2.05, 4.69) is 41.2 Å². The third-order valence-corrected chi connectivity index (χ3v) is 11.5. The van der Waals surface area contributed by atoms with Crippen LogP contribution >= 0.6 is 0 Å². The Morgan fingerprint density at radius 2 is 1.67 bits per heavy atom. The van der Waals surface area contributed by atoms with Crippen LogP contribution in [0.3, 0.4) is 0 Å². The van der Waals surface area contributed by atoms with Crippen molar-refractivity contribution in [1.82, 2.24) is 50.3 Å². The molecule has 0 bridgehead atoms. The number of fused-ring (bicyclic) bond motifs is 2. The van der Waals surface area contributed by atoms with Crippen molar-refractivity contribution in [3.63, 3.8) is 0 Å². The maximum Gasteiger partial charge on any atom is 0.270 e. The summed E-state index contributed by atoms with van der Waals surface area (Å²) < 4.78 is 18.6. The van der Waals surface area contributed by atoms with E-state index in [1.807, 2.05) is 23.6 Å². The summed E-state index contributed by atoms with van der Waals surface area (Å²) >= 11 is 0. The molecule has 6 heterocycles. The van der Waals surface area contributed by atoms with Crippen LogP contribution in [0.5, 0.6) is 5.75 Å². The summed E-state index contributed by atoms with van der Waals surface area (Å²) in [6, 6.07) is 8.79. The molecule has 330 valence electrons. The second kappa shape index (κ2) is 19.0. The number of pyridine rings is 1. The first-order valence-electron chi connectivity index (χ1n) is 20.9. The molecule has 0 radical (unpaired) electrons. The number of imidazole rings is 1. The molecule has 1 atom stereocenters. The van der Waals surface area contributed by atoms with E-state index in [0.29, 0.717) is 30.1 Å². The molecule has 1 unspecified atom stereocenters. The van der Waals surface area contributed by atoms with E-state index in [-0.39, 0.29) is 99.2 Å². The van der Waals surface area contributed by atoms with Crippen LogP contribution in [0.2, 0.25) is 0 Å². The van der Waals surface area contributed by atoms with E-state index in [4.69, 9.17) is 14.2 Å². The summed E-state index contributed by atoms with van der Waals surface area (Å²) in [4.78, 5) is 108. The number of hydrogen-bond donors (Lipinski definition) is 4. The third-order valence-electron chi connectivity index (χ3n) is 11.5. The van der Waals surface area contributed by atoms with Gasteiger partial charge >= 0.3 is 0 Å². The highest BCUT2D eigenvalue weighted by Gasteiger charge is 2.45. The molecule has 0 spiro atoms. The SMILES string of the molecule is Cc1cccc(C(=O)NC2CC(n3cnc4c(NC5CCN(C(=O)COCCOCCNC(=O)COc6ccc7c(c6)C(=O)N(C6CCC(=O)NC6=O)C7=O)CC5)ncnc43)C2)n1. The molecule has 8 rings (SSSR count). The molecule has 3 aliphatic heterocycles. The molecule has 4 aliphatic rings. The highest BCUT2D eigenvalue weighted by Crippen LogP contribution is 2.35. The normalized spacial score (nSPS) is 20.0. The standard InChI is InChI=1S/C42H47N11O10/c1-24-3-2-4-31(47-24)39(57)49-26-17-27(18-26)52-23-46-36-37(44-22-45-38(36)52)48-25-9-12-51(13-10-25)35(56)21-62-16-15-61-14-11-43-34(55)20-63-28-5-6-29-30(19-28)42(60)53(41(29)59)32-7-8-33(54)50-40(32)58/h2-6,19,22-23,25-27,32H,7-18,20-21H2,1H3,(H,43,55)(H,49,57)(H,44,45,48)(H,50,54,58). The molecule has 4 aromatic rings. The number of piperidine rings is 2. The molecule has 21 nitrogen and oxygen atoms in total. The molecule has 63 heavy (non-hydrogen) atoms. The number of benzene rings is 1. The summed E-state index contributed by atoms with van der Waals surface area (Å²) in [7, 11) is 0. The molecule has 3 fully saturated rings. The summed E-state index contributed by atoms with van der Waals surface area (Å²) in [6.45, 7) is 3.34. The number of carbonyl (C=O) groups is 7. The van der Waals surface area contributed by atoms with E-state index < -0.39 is 35.6 Å². The fourth-order valence-corrected chi connectivity index (χ4v) is 8.03. The number of nitrogens with one attached hydrogen (secondary N) is 4. The number of nitrogens with zero attached hydrogens (tertiary/aromatic N) is 7. The maximum absolute atomic E-state index is 13.0. The van der Waals surface area contributed by atoms with Gasteiger partial charge in [0.25, 0.3) is 23.6 Å². The zero-order valence-corrected chi connectivity index (χ0v) is 34.5. The van der Waals surface area contributed by atoms with E-state index in [0.717, 1.165) is 41.9 Å². The van der Waals surface area contributed by atoms with E-state index in [9.17, 15) is 33.6 Å². The van der Waals surface area contributed by atoms with Crippen molar-refractivity contribution >= 4 is 58.3 Å². The first-order valence-corrected chi connectivity index (χ1v) is 20.9. The van der Waals surface area contributed by atoms with Crippen molar-refractivity contribution in [2.75, 3.05) is 58.0 Å². The Balaban J connectivity index is 0.675. The number of hydrogen-bond acceptors (Lipinski definition) is 15. The second-order valence-electron chi connectivity index (χ2n) is 15.8. The molecule has 1 saturated carbocycles. The van der Waals surface area contributed by atoms with Crippen LogP contribution < -0.4 is 26.0 Å². The average Bonchev–Trinajstić information content (AvgIpc) is 3.80. The lowest BCUT2D eigenvalue weighted by Crippen LogP contribution is -2.54. The van der Waals surface area contributed by atoms with Crippen LogP contribution in [0.1, 0.15) is 81.5 Å². The lowest BCUT2D eigenvalue weighted by Gasteiger charge is -2.36. The zero-order valence-electron chi connectivity index (χ0n) is 34.5. The van der Waals surface area contributed by atoms with Crippen molar-refractivity contribution in [3.8, 4) is 5.75 Å². The number of aromatic nitrogens is 5. The number of imide groups is 2. The molecule has 3 aromatic heterocycles. The van der Waals surface area contributed by atoms with Crippen LogP contribution in [0, 0.1) is 6.92 Å². The number of aryl methyl sites for hydroxylation is 1. The molecule has 4 N–H and O–H groups in total. The van der Waals surface area contributed by atoms with Gasteiger partial charge < -0.3 is 39.6 Å². The Morgan fingerprint density at radius 1 is 0.873 bits per heavy atom. The Bertz CT molecular complexity index is 2430. The first-order chi connectivity index (χ1) is 30.5. The largest absolute Gasteiger partial charge is 0.484 e. The van der Waals surface area contributed by atoms with Gasteiger partial charge in [0.05, 0.1) is 37.3 Å².